The first kappa shape index (κ1) is 14.7. The number of benzene rings is 1. The Morgan fingerprint density at radius 1 is 1.30 bits per heavy atom. The molecule has 6 heteroatoms. The molecule has 1 aromatic carbocycles. The normalized spacial score (nSPS) is 24.8. The Labute approximate surface area is 138 Å². The van der Waals surface area contributed by atoms with E-state index < -0.39 is 0 Å². The Hall–Kier alpha value is -1.92. The number of carbonyl (C=O) groups is 2. The third-order valence-corrected chi connectivity index (χ3v) is 5.74. The first-order valence-corrected chi connectivity index (χ1v) is 8.66. The highest BCUT2D eigenvalue weighted by Crippen LogP contribution is 2.29. The Morgan fingerprint density at radius 3 is 3.00 bits per heavy atom. The van der Waals surface area contributed by atoms with Crippen LogP contribution in [0.3, 0.4) is 0 Å². The Balaban J connectivity index is 1.60. The highest BCUT2D eigenvalue weighted by Gasteiger charge is 2.41. The van der Waals surface area contributed by atoms with Crippen LogP contribution in [0.1, 0.15) is 16.8 Å². The fourth-order valence-electron chi connectivity index (χ4n) is 3.43. The highest BCUT2D eigenvalue weighted by molar-refractivity contribution is 7.17. The summed E-state index contributed by atoms with van der Waals surface area (Å²) < 4.78 is 6.92. The lowest BCUT2D eigenvalue weighted by Crippen LogP contribution is -2.43. The van der Waals surface area contributed by atoms with Crippen molar-refractivity contribution in [3.63, 3.8) is 0 Å². The molecule has 5 nitrogen and oxygen atoms in total. The summed E-state index contributed by atoms with van der Waals surface area (Å²) in [5.74, 6) is 0.118. The van der Waals surface area contributed by atoms with E-state index in [2.05, 4.69) is 0 Å². The number of thiophene rings is 1. The number of ether oxygens (including phenoxy) is 1. The van der Waals surface area contributed by atoms with Gasteiger partial charge in [0.15, 0.2) is 0 Å². The van der Waals surface area contributed by atoms with E-state index in [1.807, 2.05) is 41.6 Å². The van der Waals surface area contributed by atoms with Gasteiger partial charge >= 0.3 is 0 Å². The molecule has 4 rings (SSSR count). The van der Waals surface area contributed by atoms with Crippen molar-refractivity contribution in [1.82, 2.24) is 9.80 Å². The van der Waals surface area contributed by atoms with Gasteiger partial charge in [-0.1, -0.05) is 18.2 Å². The van der Waals surface area contributed by atoms with Crippen molar-refractivity contribution in [1.29, 1.82) is 0 Å². The van der Waals surface area contributed by atoms with Crippen LogP contribution in [-0.2, 0) is 9.53 Å². The predicted octanol–water partition coefficient (Wildman–Crippen LogP) is 1.97. The molecule has 2 aromatic rings. The van der Waals surface area contributed by atoms with Gasteiger partial charge in [-0.3, -0.25) is 9.59 Å². The first-order chi connectivity index (χ1) is 11.1. The Kier molecular flexibility index (Phi) is 3.58. The molecule has 3 heterocycles. The van der Waals surface area contributed by atoms with Gasteiger partial charge in [-0.05, 0) is 6.07 Å². The van der Waals surface area contributed by atoms with E-state index in [9.17, 15) is 9.59 Å². The predicted molar refractivity (Wildman–Crippen MR) is 88.6 cm³/mol. The maximum atomic E-state index is 12.9. The number of nitrogens with zero attached hydrogens (tertiary/aromatic N) is 2. The monoisotopic (exact) mass is 330 g/mol. The van der Waals surface area contributed by atoms with Crippen LogP contribution in [0.2, 0.25) is 0 Å². The molecule has 23 heavy (non-hydrogen) atoms. The van der Waals surface area contributed by atoms with Crippen molar-refractivity contribution in [2.24, 2.45) is 0 Å². The van der Waals surface area contributed by atoms with Crippen molar-refractivity contribution < 1.29 is 14.3 Å². The van der Waals surface area contributed by atoms with Crippen LogP contribution in [0.5, 0.6) is 0 Å². The molecule has 1 aromatic heterocycles. The molecule has 2 saturated heterocycles. The van der Waals surface area contributed by atoms with Gasteiger partial charge in [-0.2, -0.15) is 0 Å². The largest absolute Gasteiger partial charge is 0.374 e. The maximum Gasteiger partial charge on any atom is 0.255 e. The number of carbonyl (C=O) groups excluding carboxylic acids is 2. The molecule has 0 N–H and O–H groups in total. The molecule has 0 radical (unpaired) electrons. The van der Waals surface area contributed by atoms with Crippen molar-refractivity contribution >= 4 is 33.2 Å². The van der Waals surface area contributed by atoms with Crippen LogP contribution >= 0.6 is 11.3 Å². The van der Waals surface area contributed by atoms with Gasteiger partial charge in [-0.25, -0.2) is 0 Å². The second-order valence-electron chi connectivity index (χ2n) is 6.09. The van der Waals surface area contributed by atoms with Gasteiger partial charge < -0.3 is 14.5 Å². The summed E-state index contributed by atoms with van der Waals surface area (Å²) in [6.07, 6.45) is 0.340. The van der Waals surface area contributed by atoms with Gasteiger partial charge in [0, 0.05) is 35.6 Å². The molecule has 0 aliphatic carbocycles. The minimum atomic E-state index is -0.0831. The lowest BCUT2D eigenvalue weighted by molar-refractivity contribution is -0.131. The first-order valence-electron chi connectivity index (χ1n) is 7.78. The topological polar surface area (TPSA) is 49.9 Å². The summed E-state index contributed by atoms with van der Waals surface area (Å²) in [6.45, 7) is 1.52. The molecule has 0 bridgehead atoms. The molecule has 2 fully saturated rings. The standard InChI is InChI=1S/C17H18N2O3S/c1-18-13-8-19(9-14(13)22-7-6-16(18)20)17(21)12-10-23-15-5-3-2-4-11(12)15/h2-5,10,13-14H,6-9H2,1H3/t13-,14-/m0/s1. The smallest absolute Gasteiger partial charge is 0.255 e. The van der Waals surface area contributed by atoms with E-state index in [-0.39, 0.29) is 24.0 Å². The number of hydrogen-bond acceptors (Lipinski definition) is 4. The Bertz CT molecular complexity index is 772. The highest BCUT2D eigenvalue weighted by atomic mass is 32.1. The van der Waals surface area contributed by atoms with Gasteiger partial charge in [0.1, 0.15) is 0 Å². The molecule has 2 atom stereocenters. The number of rotatable bonds is 1. The third-order valence-electron chi connectivity index (χ3n) is 4.77. The van der Waals surface area contributed by atoms with Gasteiger partial charge in [0.25, 0.3) is 5.91 Å². The Morgan fingerprint density at radius 2 is 2.13 bits per heavy atom. The zero-order valence-electron chi connectivity index (χ0n) is 12.9. The average molecular weight is 330 g/mol. The van der Waals surface area contributed by atoms with Crippen LogP contribution in [-0.4, -0.2) is 60.5 Å². The van der Waals surface area contributed by atoms with Crippen molar-refractivity contribution in [3.05, 3.63) is 35.2 Å². The molecule has 2 amide bonds. The van der Waals surface area contributed by atoms with Crippen LogP contribution in [0.4, 0.5) is 0 Å². The molecular formula is C17H18N2O3S. The summed E-state index contributed by atoms with van der Waals surface area (Å²) in [5, 5.41) is 2.93. The lowest BCUT2D eigenvalue weighted by Gasteiger charge is -2.25. The minimum Gasteiger partial charge on any atom is -0.374 e. The summed E-state index contributed by atoms with van der Waals surface area (Å²) in [6, 6.07) is 7.91. The van der Waals surface area contributed by atoms with Crippen LogP contribution in [0.15, 0.2) is 29.6 Å². The van der Waals surface area contributed by atoms with Crippen LogP contribution in [0.25, 0.3) is 10.1 Å². The van der Waals surface area contributed by atoms with E-state index in [1.54, 1.807) is 16.2 Å². The van der Waals surface area contributed by atoms with E-state index in [0.29, 0.717) is 26.1 Å². The molecule has 2 aliphatic heterocycles. The summed E-state index contributed by atoms with van der Waals surface area (Å²) in [4.78, 5) is 28.5. The number of likely N-dealkylation sites (N-methyl/N-ethyl adjacent to an activating group) is 1. The van der Waals surface area contributed by atoms with Crippen molar-refractivity contribution in [2.75, 3.05) is 26.7 Å². The number of hydrogen-bond donors (Lipinski definition) is 0. The van der Waals surface area contributed by atoms with Crippen LogP contribution in [0, 0.1) is 0 Å². The summed E-state index contributed by atoms with van der Waals surface area (Å²) in [7, 11) is 1.81. The van der Waals surface area contributed by atoms with E-state index >= 15 is 0 Å². The molecule has 0 unspecified atom stereocenters. The second-order valence-corrected chi connectivity index (χ2v) is 7.00. The molecule has 120 valence electrons. The van der Waals surface area contributed by atoms with Crippen molar-refractivity contribution in [3.8, 4) is 0 Å². The number of amides is 2. The lowest BCUT2D eigenvalue weighted by atomic mass is 10.1. The number of likely N-dealkylation sites (tertiary alicyclic amines) is 1. The second kappa shape index (κ2) is 5.62. The molecule has 2 aliphatic rings. The van der Waals surface area contributed by atoms with E-state index in [4.69, 9.17) is 4.74 Å². The van der Waals surface area contributed by atoms with Gasteiger partial charge in [0.2, 0.25) is 5.91 Å². The SMILES string of the molecule is CN1C(=O)CCO[C@H]2CN(C(=O)c3csc4ccccc34)C[C@@H]21. The van der Waals surface area contributed by atoms with E-state index in [0.717, 1.165) is 15.6 Å². The van der Waals surface area contributed by atoms with Gasteiger partial charge in [0.05, 0.1) is 30.7 Å². The fraction of sp³-hybridized carbons (Fsp3) is 0.412. The zero-order chi connectivity index (χ0) is 16.0. The molecule has 0 saturated carbocycles. The fourth-order valence-corrected chi connectivity index (χ4v) is 4.37. The van der Waals surface area contributed by atoms with Crippen molar-refractivity contribution in [2.45, 2.75) is 18.6 Å². The van der Waals surface area contributed by atoms with Gasteiger partial charge in [-0.15, -0.1) is 11.3 Å². The zero-order valence-corrected chi connectivity index (χ0v) is 13.7. The number of fused-ring (bicyclic) bond motifs is 2. The van der Waals surface area contributed by atoms with Crippen LogP contribution < -0.4 is 0 Å². The quantitative estimate of drug-likeness (QED) is 0.803. The molecular weight excluding hydrogens is 312 g/mol. The summed E-state index contributed by atoms with van der Waals surface area (Å²) in [5.41, 5.74) is 0.746. The maximum absolute atomic E-state index is 12.9. The minimum absolute atomic E-state index is 0.0278. The molecule has 0 spiro atoms. The summed E-state index contributed by atoms with van der Waals surface area (Å²) >= 11 is 1.59. The van der Waals surface area contributed by atoms with E-state index in [1.165, 1.54) is 0 Å². The third kappa shape index (κ3) is 2.42. The average Bonchev–Trinajstić information content (AvgIpc) is 3.15.